The third kappa shape index (κ3) is 4.96. The maximum Gasteiger partial charge on any atom is 0.175 e. The van der Waals surface area contributed by atoms with E-state index in [-0.39, 0.29) is 6.61 Å². The lowest BCUT2D eigenvalue weighted by Crippen LogP contribution is -2.02. The van der Waals surface area contributed by atoms with Crippen molar-refractivity contribution in [3.05, 3.63) is 87.1 Å². The van der Waals surface area contributed by atoms with E-state index >= 15 is 0 Å². The predicted octanol–water partition coefficient (Wildman–Crippen LogP) is 6.55. The summed E-state index contributed by atoms with van der Waals surface area (Å²) in [7, 11) is 0. The van der Waals surface area contributed by atoms with Crippen LogP contribution in [0.4, 0.5) is 0 Å². The number of aryl methyl sites for hydroxylation is 1. The summed E-state index contributed by atoms with van der Waals surface area (Å²) in [4.78, 5) is 7.79. The summed E-state index contributed by atoms with van der Waals surface area (Å²) in [6.45, 7) is 4.57. The van der Waals surface area contributed by atoms with Crippen LogP contribution in [0.25, 0.3) is 22.7 Å². The fourth-order valence-electron chi connectivity index (χ4n) is 3.55. The van der Waals surface area contributed by atoms with Crippen molar-refractivity contribution in [2.45, 2.75) is 20.5 Å². The Labute approximate surface area is 206 Å². The van der Waals surface area contributed by atoms with E-state index in [9.17, 15) is 10.5 Å². The summed E-state index contributed by atoms with van der Waals surface area (Å²) in [5.41, 5.74) is 5.32. The predicted molar refractivity (Wildman–Crippen MR) is 135 cm³/mol. The topological polar surface area (TPSA) is 94.7 Å². The van der Waals surface area contributed by atoms with Crippen molar-refractivity contribution in [1.29, 1.82) is 10.5 Å². The van der Waals surface area contributed by atoms with Gasteiger partial charge in [-0.3, -0.25) is 0 Å². The minimum atomic E-state index is 0.222. The zero-order valence-corrected chi connectivity index (χ0v) is 20.3. The highest BCUT2D eigenvalue weighted by Gasteiger charge is 2.15. The van der Waals surface area contributed by atoms with Crippen LogP contribution in [0.15, 0.2) is 59.1 Å². The average Bonchev–Trinajstić information content (AvgIpc) is 3.25. The lowest BCUT2D eigenvalue weighted by atomic mass is 10.1. The standard InChI is InChI=1S/C27H21BrN4O2/c1-3-33-25-13-18(11-21(15-30)27-31-23-9-8-17(2)10-24(23)32-27)12-22(28)26(25)34-16-20-7-5-4-6-19(20)14-29/h4-13H,3,16H2,1-2H3,(H,31,32)/b21-11-. The number of ether oxygens (including phenoxy) is 2. The van der Waals surface area contributed by atoms with Gasteiger partial charge in [0.2, 0.25) is 0 Å². The highest BCUT2D eigenvalue weighted by atomic mass is 79.9. The lowest BCUT2D eigenvalue weighted by Gasteiger charge is -2.15. The second-order valence-corrected chi connectivity index (χ2v) is 8.45. The number of benzene rings is 3. The number of nitriles is 2. The van der Waals surface area contributed by atoms with Gasteiger partial charge in [0.05, 0.1) is 39.3 Å². The number of aromatic amines is 1. The number of fused-ring (bicyclic) bond motifs is 1. The van der Waals surface area contributed by atoms with E-state index in [4.69, 9.17) is 9.47 Å². The van der Waals surface area contributed by atoms with Crippen LogP contribution in [0.5, 0.6) is 11.5 Å². The Kier molecular flexibility index (Phi) is 6.96. The molecule has 0 fully saturated rings. The van der Waals surface area contributed by atoms with Gasteiger partial charge in [-0.25, -0.2) is 4.98 Å². The van der Waals surface area contributed by atoms with Gasteiger partial charge >= 0.3 is 0 Å². The zero-order valence-electron chi connectivity index (χ0n) is 18.7. The Morgan fingerprint density at radius 3 is 2.71 bits per heavy atom. The van der Waals surface area contributed by atoms with Crippen molar-refractivity contribution < 1.29 is 9.47 Å². The number of rotatable bonds is 7. The molecular weight excluding hydrogens is 492 g/mol. The van der Waals surface area contributed by atoms with Gasteiger partial charge < -0.3 is 14.5 Å². The Bertz CT molecular complexity index is 1470. The molecule has 4 rings (SSSR count). The molecule has 0 spiro atoms. The van der Waals surface area contributed by atoms with E-state index in [0.717, 1.165) is 27.7 Å². The van der Waals surface area contributed by atoms with E-state index in [1.54, 1.807) is 12.1 Å². The van der Waals surface area contributed by atoms with Crippen LogP contribution >= 0.6 is 15.9 Å². The number of hydrogen-bond donors (Lipinski definition) is 1. The highest BCUT2D eigenvalue weighted by molar-refractivity contribution is 9.10. The van der Waals surface area contributed by atoms with Crippen LogP contribution in [0.1, 0.15) is 35.0 Å². The molecule has 3 aromatic carbocycles. The quantitative estimate of drug-likeness (QED) is 0.283. The Balaban J connectivity index is 1.67. The molecular formula is C27H21BrN4O2. The van der Waals surface area contributed by atoms with Crippen LogP contribution in [-0.4, -0.2) is 16.6 Å². The number of hydrogen-bond acceptors (Lipinski definition) is 5. The number of allylic oxidation sites excluding steroid dienone is 1. The number of halogens is 1. The molecule has 0 aliphatic carbocycles. The molecule has 34 heavy (non-hydrogen) atoms. The molecule has 0 aliphatic heterocycles. The van der Waals surface area contributed by atoms with Gasteiger partial charge in [-0.15, -0.1) is 0 Å². The molecule has 0 saturated heterocycles. The second-order valence-electron chi connectivity index (χ2n) is 7.60. The van der Waals surface area contributed by atoms with Crippen molar-refractivity contribution in [2.75, 3.05) is 6.61 Å². The van der Waals surface area contributed by atoms with Crippen molar-refractivity contribution in [1.82, 2.24) is 9.97 Å². The van der Waals surface area contributed by atoms with Gasteiger partial charge in [0, 0.05) is 5.56 Å². The summed E-state index contributed by atoms with van der Waals surface area (Å²) < 4.78 is 12.6. The minimum Gasteiger partial charge on any atom is -0.490 e. The fraction of sp³-hybridized carbons (Fsp3) is 0.148. The number of nitrogens with zero attached hydrogens (tertiary/aromatic N) is 3. The smallest absolute Gasteiger partial charge is 0.175 e. The maximum absolute atomic E-state index is 9.80. The molecule has 0 atom stereocenters. The summed E-state index contributed by atoms with van der Waals surface area (Å²) in [5.74, 6) is 1.57. The SMILES string of the molecule is CCOc1cc(/C=C(/C#N)c2nc3ccc(C)cc3[nH]2)cc(Br)c1OCc1ccccc1C#N. The number of aromatic nitrogens is 2. The van der Waals surface area contributed by atoms with E-state index < -0.39 is 0 Å². The lowest BCUT2D eigenvalue weighted by molar-refractivity contribution is 0.267. The maximum atomic E-state index is 9.80. The molecule has 168 valence electrons. The van der Waals surface area contributed by atoms with Crippen LogP contribution in [0.3, 0.4) is 0 Å². The highest BCUT2D eigenvalue weighted by Crippen LogP contribution is 2.38. The third-order valence-corrected chi connectivity index (χ3v) is 5.75. The zero-order chi connectivity index (χ0) is 24.1. The normalized spacial score (nSPS) is 11.1. The van der Waals surface area contributed by atoms with E-state index in [1.165, 1.54) is 0 Å². The molecule has 6 nitrogen and oxygen atoms in total. The van der Waals surface area contributed by atoms with E-state index in [2.05, 4.69) is 38.0 Å². The van der Waals surface area contributed by atoms with Crippen molar-refractivity contribution in [3.63, 3.8) is 0 Å². The van der Waals surface area contributed by atoms with Crippen molar-refractivity contribution in [2.24, 2.45) is 0 Å². The fourth-order valence-corrected chi connectivity index (χ4v) is 4.12. The monoisotopic (exact) mass is 512 g/mol. The number of nitrogens with one attached hydrogen (secondary N) is 1. The van der Waals surface area contributed by atoms with Gasteiger partial charge in [-0.2, -0.15) is 10.5 Å². The molecule has 0 bridgehead atoms. The Morgan fingerprint density at radius 1 is 1.12 bits per heavy atom. The first-order valence-corrected chi connectivity index (χ1v) is 11.5. The summed E-state index contributed by atoms with van der Waals surface area (Å²) in [6, 6.07) is 21.3. The van der Waals surface area contributed by atoms with Crippen LogP contribution < -0.4 is 9.47 Å². The van der Waals surface area contributed by atoms with E-state index in [0.29, 0.717) is 39.5 Å². The van der Waals surface area contributed by atoms with Gasteiger partial charge in [-0.1, -0.05) is 24.3 Å². The minimum absolute atomic E-state index is 0.222. The number of imidazole rings is 1. The van der Waals surface area contributed by atoms with Gasteiger partial charge in [0.15, 0.2) is 11.5 Å². The average molecular weight is 513 g/mol. The van der Waals surface area contributed by atoms with Crippen LogP contribution in [0, 0.1) is 29.6 Å². The third-order valence-electron chi connectivity index (χ3n) is 5.17. The molecule has 0 aliphatic rings. The van der Waals surface area contributed by atoms with Crippen LogP contribution in [0.2, 0.25) is 0 Å². The largest absolute Gasteiger partial charge is 0.490 e. The first-order chi connectivity index (χ1) is 16.5. The van der Waals surface area contributed by atoms with Gasteiger partial charge in [0.25, 0.3) is 0 Å². The second kappa shape index (κ2) is 10.2. The van der Waals surface area contributed by atoms with Gasteiger partial charge in [-0.05, 0) is 77.3 Å². The first-order valence-electron chi connectivity index (χ1n) is 10.7. The molecule has 0 amide bonds. The summed E-state index contributed by atoms with van der Waals surface area (Å²) in [5, 5.41) is 19.1. The molecule has 0 unspecified atom stereocenters. The molecule has 0 radical (unpaired) electrons. The first kappa shape index (κ1) is 23.1. The molecule has 7 heteroatoms. The Hall–Kier alpha value is -4.07. The molecule has 1 N–H and O–H groups in total. The number of H-pyrrole nitrogens is 1. The summed E-state index contributed by atoms with van der Waals surface area (Å²) in [6.07, 6.45) is 1.76. The molecule has 4 aromatic rings. The molecule has 0 saturated carbocycles. The van der Waals surface area contributed by atoms with Crippen molar-refractivity contribution >= 4 is 38.6 Å². The van der Waals surface area contributed by atoms with Gasteiger partial charge in [0.1, 0.15) is 18.5 Å². The van der Waals surface area contributed by atoms with Crippen LogP contribution in [-0.2, 0) is 6.61 Å². The van der Waals surface area contributed by atoms with E-state index in [1.807, 2.05) is 62.4 Å². The summed E-state index contributed by atoms with van der Waals surface area (Å²) >= 11 is 3.58. The van der Waals surface area contributed by atoms with Crippen molar-refractivity contribution in [3.8, 4) is 23.6 Å². The molecule has 1 aromatic heterocycles. The molecule has 1 heterocycles. The Morgan fingerprint density at radius 2 is 1.94 bits per heavy atom.